The molecule has 2 N–H and O–H groups in total. The van der Waals surface area contributed by atoms with Crippen molar-refractivity contribution in [2.24, 2.45) is 0 Å². The molecule has 1 aromatic carbocycles. The van der Waals surface area contributed by atoms with Gasteiger partial charge >= 0.3 is 0 Å². The Morgan fingerprint density at radius 2 is 2.00 bits per heavy atom. The molecule has 0 unspecified atom stereocenters. The third-order valence-electron chi connectivity index (χ3n) is 3.85. The smallest absolute Gasteiger partial charge is 0.234 e. The van der Waals surface area contributed by atoms with Crippen molar-refractivity contribution in [3.05, 3.63) is 51.8 Å². The van der Waals surface area contributed by atoms with Gasteiger partial charge < -0.3 is 10.6 Å². The first-order valence-electron chi connectivity index (χ1n) is 8.15. The molecule has 1 heterocycles. The molecule has 24 heavy (non-hydrogen) atoms. The Bertz CT molecular complexity index is 709. The molecule has 0 aliphatic heterocycles. The lowest BCUT2D eigenvalue weighted by Gasteiger charge is -2.10. The summed E-state index contributed by atoms with van der Waals surface area (Å²) in [5.74, 6) is 0.00349. The number of benzene rings is 1. The molecule has 5 nitrogen and oxygen atoms in total. The van der Waals surface area contributed by atoms with Crippen LogP contribution >= 0.6 is 11.6 Å². The van der Waals surface area contributed by atoms with Crippen LogP contribution in [0.5, 0.6) is 0 Å². The Kier molecular flexibility index (Phi) is 6.40. The molecule has 0 bridgehead atoms. The Balaban J connectivity index is 2.01. The van der Waals surface area contributed by atoms with Gasteiger partial charge in [0.25, 0.3) is 0 Å². The van der Waals surface area contributed by atoms with Crippen LogP contribution in [0, 0.1) is 13.8 Å². The fraction of sp³-hybridized carbons (Fsp3) is 0.444. The monoisotopic (exact) mass is 348 g/mol. The van der Waals surface area contributed by atoms with Gasteiger partial charge in [0, 0.05) is 28.9 Å². The summed E-state index contributed by atoms with van der Waals surface area (Å²) >= 11 is 6.24. The maximum Gasteiger partial charge on any atom is 0.234 e. The van der Waals surface area contributed by atoms with E-state index in [0.717, 1.165) is 27.5 Å². The fourth-order valence-electron chi connectivity index (χ4n) is 2.61. The van der Waals surface area contributed by atoms with Gasteiger partial charge in [0.1, 0.15) is 0 Å². The molecule has 0 aliphatic carbocycles. The van der Waals surface area contributed by atoms with E-state index >= 15 is 0 Å². The quantitative estimate of drug-likeness (QED) is 0.809. The molecule has 0 saturated heterocycles. The standard InChI is InChI=1S/C18H25ClN4O/c1-12(2)21-18(24)10-20-9-16-13(3)22-23(14(16)4)11-15-7-5-6-8-17(15)19/h5-8,12,20H,9-11H2,1-4H3,(H,21,24). The Morgan fingerprint density at radius 1 is 1.29 bits per heavy atom. The third-order valence-corrected chi connectivity index (χ3v) is 4.22. The predicted molar refractivity (Wildman–Crippen MR) is 97.2 cm³/mol. The van der Waals surface area contributed by atoms with Gasteiger partial charge in [0.2, 0.25) is 5.91 Å². The summed E-state index contributed by atoms with van der Waals surface area (Å²) in [4.78, 5) is 11.7. The Hall–Kier alpha value is -1.85. The van der Waals surface area contributed by atoms with Crippen molar-refractivity contribution in [2.45, 2.75) is 46.8 Å². The van der Waals surface area contributed by atoms with Gasteiger partial charge in [-0.05, 0) is 39.3 Å². The van der Waals surface area contributed by atoms with E-state index < -0.39 is 0 Å². The van der Waals surface area contributed by atoms with Crippen molar-refractivity contribution >= 4 is 17.5 Å². The van der Waals surface area contributed by atoms with Crippen LogP contribution in [0.3, 0.4) is 0 Å². The maximum atomic E-state index is 11.7. The van der Waals surface area contributed by atoms with E-state index in [2.05, 4.69) is 15.7 Å². The van der Waals surface area contributed by atoms with Crippen molar-refractivity contribution in [3.63, 3.8) is 0 Å². The summed E-state index contributed by atoms with van der Waals surface area (Å²) in [5, 5.41) is 11.4. The van der Waals surface area contributed by atoms with Gasteiger partial charge in [0.15, 0.2) is 0 Å². The lowest BCUT2D eigenvalue weighted by molar-refractivity contribution is -0.120. The zero-order valence-corrected chi connectivity index (χ0v) is 15.4. The molecule has 1 amide bonds. The van der Waals surface area contributed by atoms with Gasteiger partial charge in [-0.25, -0.2) is 0 Å². The summed E-state index contributed by atoms with van der Waals surface area (Å²) in [6, 6.07) is 7.94. The van der Waals surface area contributed by atoms with Crippen molar-refractivity contribution < 1.29 is 4.79 Å². The molecular weight excluding hydrogens is 324 g/mol. The average Bonchev–Trinajstić information content (AvgIpc) is 2.76. The van der Waals surface area contributed by atoms with E-state index in [1.165, 1.54) is 0 Å². The fourth-order valence-corrected chi connectivity index (χ4v) is 2.80. The number of carbonyl (C=O) groups is 1. The van der Waals surface area contributed by atoms with Crippen LogP contribution in [0.25, 0.3) is 0 Å². The van der Waals surface area contributed by atoms with Gasteiger partial charge in [-0.1, -0.05) is 29.8 Å². The molecule has 0 spiro atoms. The SMILES string of the molecule is Cc1nn(Cc2ccccc2Cl)c(C)c1CNCC(=O)NC(C)C. The number of halogens is 1. The number of hydrogen-bond acceptors (Lipinski definition) is 3. The normalized spacial score (nSPS) is 11.1. The lowest BCUT2D eigenvalue weighted by atomic mass is 10.2. The van der Waals surface area contributed by atoms with Crippen LogP contribution < -0.4 is 10.6 Å². The summed E-state index contributed by atoms with van der Waals surface area (Å²) in [6.07, 6.45) is 0. The first-order chi connectivity index (χ1) is 11.4. The van der Waals surface area contributed by atoms with Crippen LogP contribution in [-0.2, 0) is 17.9 Å². The highest BCUT2D eigenvalue weighted by Crippen LogP contribution is 2.19. The zero-order valence-electron chi connectivity index (χ0n) is 14.7. The maximum absolute atomic E-state index is 11.7. The second kappa shape index (κ2) is 8.31. The number of carbonyl (C=O) groups excluding carboxylic acids is 1. The van der Waals surface area contributed by atoms with Gasteiger partial charge in [-0.15, -0.1) is 0 Å². The number of aryl methyl sites for hydroxylation is 1. The van der Waals surface area contributed by atoms with Gasteiger partial charge in [0.05, 0.1) is 18.8 Å². The van der Waals surface area contributed by atoms with Gasteiger partial charge in [-0.3, -0.25) is 9.48 Å². The predicted octanol–water partition coefficient (Wildman–Crippen LogP) is 2.82. The molecule has 2 aromatic rings. The first-order valence-corrected chi connectivity index (χ1v) is 8.52. The molecule has 130 valence electrons. The molecule has 6 heteroatoms. The van der Waals surface area contributed by atoms with Crippen LogP contribution in [-0.4, -0.2) is 28.3 Å². The van der Waals surface area contributed by atoms with Crippen molar-refractivity contribution in [2.75, 3.05) is 6.54 Å². The number of rotatable bonds is 7. The van der Waals surface area contributed by atoms with E-state index in [1.807, 2.05) is 56.6 Å². The zero-order chi connectivity index (χ0) is 17.7. The van der Waals surface area contributed by atoms with E-state index in [-0.39, 0.29) is 11.9 Å². The summed E-state index contributed by atoms with van der Waals surface area (Å²) in [5.41, 5.74) is 4.22. The Labute approximate surface area is 148 Å². The summed E-state index contributed by atoms with van der Waals surface area (Å²) in [7, 11) is 0. The first kappa shape index (κ1) is 18.5. The van der Waals surface area contributed by atoms with Crippen LogP contribution in [0.2, 0.25) is 5.02 Å². The minimum absolute atomic E-state index is 0.00349. The summed E-state index contributed by atoms with van der Waals surface area (Å²) < 4.78 is 1.96. The van der Waals surface area contributed by atoms with Crippen LogP contribution in [0.1, 0.15) is 36.4 Å². The highest BCUT2D eigenvalue weighted by Gasteiger charge is 2.13. The largest absolute Gasteiger partial charge is 0.353 e. The summed E-state index contributed by atoms with van der Waals surface area (Å²) in [6.45, 7) is 9.48. The molecule has 0 atom stereocenters. The minimum Gasteiger partial charge on any atom is -0.353 e. The number of amides is 1. The van der Waals surface area contributed by atoms with E-state index in [9.17, 15) is 4.79 Å². The van der Waals surface area contributed by atoms with Crippen molar-refractivity contribution in [3.8, 4) is 0 Å². The second-order valence-corrected chi connectivity index (χ2v) is 6.63. The highest BCUT2D eigenvalue weighted by molar-refractivity contribution is 6.31. The number of nitrogens with one attached hydrogen (secondary N) is 2. The number of aromatic nitrogens is 2. The van der Waals surface area contributed by atoms with E-state index in [1.54, 1.807) is 0 Å². The van der Waals surface area contributed by atoms with E-state index in [4.69, 9.17) is 11.6 Å². The van der Waals surface area contributed by atoms with E-state index in [0.29, 0.717) is 19.6 Å². The number of nitrogens with zero attached hydrogens (tertiary/aromatic N) is 2. The minimum atomic E-state index is 0.00349. The molecule has 2 rings (SSSR count). The van der Waals surface area contributed by atoms with Crippen molar-refractivity contribution in [1.82, 2.24) is 20.4 Å². The molecule has 0 fully saturated rings. The molecular formula is C18H25ClN4O. The van der Waals surface area contributed by atoms with Crippen LogP contribution in [0.4, 0.5) is 0 Å². The number of hydrogen-bond donors (Lipinski definition) is 2. The topological polar surface area (TPSA) is 59.0 Å². The highest BCUT2D eigenvalue weighted by atomic mass is 35.5. The third kappa shape index (κ3) is 4.82. The van der Waals surface area contributed by atoms with Crippen LogP contribution in [0.15, 0.2) is 24.3 Å². The van der Waals surface area contributed by atoms with Crippen molar-refractivity contribution in [1.29, 1.82) is 0 Å². The molecule has 1 aromatic heterocycles. The lowest BCUT2D eigenvalue weighted by Crippen LogP contribution is -2.37. The molecule has 0 saturated carbocycles. The van der Waals surface area contributed by atoms with Gasteiger partial charge in [-0.2, -0.15) is 5.10 Å². The Morgan fingerprint density at radius 3 is 2.67 bits per heavy atom. The average molecular weight is 349 g/mol. The second-order valence-electron chi connectivity index (χ2n) is 6.22. The molecule has 0 aliphatic rings. The molecule has 0 radical (unpaired) electrons.